The summed E-state index contributed by atoms with van der Waals surface area (Å²) in [5, 5.41) is 4.82. The molecule has 2 N–H and O–H groups in total. The summed E-state index contributed by atoms with van der Waals surface area (Å²) in [6, 6.07) is 6.71. The fourth-order valence-electron chi connectivity index (χ4n) is 2.04. The first-order chi connectivity index (χ1) is 10.6. The van der Waals surface area contributed by atoms with E-state index in [9.17, 15) is 0 Å². The van der Waals surface area contributed by atoms with Gasteiger partial charge in [0.2, 0.25) is 11.8 Å². The van der Waals surface area contributed by atoms with Gasteiger partial charge >= 0.3 is 0 Å². The Morgan fingerprint density at radius 3 is 2.64 bits per heavy atom. The van der Waals surface area contributed by atoms with Crippen LogP contribution in [0.15, 0.2) is 39.4 Å². The Morgan fingerprint density at radius 2 is 1.95 bits per heavy atom. The highest BCUT2D eigenvalue weighted by atomic mass is 35.5. The molecule has 4 aromatic heterocycles. The number of hydrogen-bond donors (Lipinski definition) is 1. The summed E-state index contributed by atoms with van der Waals surface area (Å²) >= 11 is 12.1. The summed E-state index contributed by atoms with van der Waals surface area (Å²) in [4.78, 5) is 8.48. The molecule has 0 radical (unpaired) electrons. The minimum absolute atomic E-state index is 0.118. The second kappa shape index (κ2) is 4.75. The largest absolute Gasteiger partial charge is 0.463 e. The van der Waals surface area contributed by atoms with E-state index in [4.69, 9.17) is 37.8 Å². The summed E-state index contributed by atoms with van der Waals surface area (Å²) in [6.45, 7) is 0. The van der Waals surface area contributed by atoms with Gasteiger partial charge in [-0.2, -0.15) is 14.6 Å². The number of nitrogens with zero attached hydrogens (tertiary/aromatic N) is 4. The van der Waals surface area contributed by atoms with Crippen molar-refractivity contribution in [1.82, 2.24) is 19.6 Å². The second-order valence-corrected chi connectivity index (χ2v) is 5.13. The summed E-state index contributed by atoms with van der Waals surface area (Å²) in [5.74, 6) is 1.28. The van der Waals surface area contributed by atoms with Gasteiger partial charge in [-0.15, -0.1) is 0 Å². The smallest absolute Gasteiger partial charge is 0.225 e. The molecule has 7 nitrogen and oxygen atoms in total. The van der Waals surface area contributed by atoms with Gasteiger partial charge in [0.15, 0.2) is 22.4 Å². The summed E-state index contributed by atoms with van der Waals surface area (Å²) < 4.78 is 11.9. The lowest BCUT2D eigenvalue weighted by atomic mass is 10.3. The lowest BCUT2D eigenvalue weighted by molar-refractivity contribution is 0.578. The van der Waals surface area contributed by atoms with Crippen molar-refractivity contribution in [2.24, 2.45) is 0 Å². The molecule has 4 aromatic rings. The van der Waals surface area contributed by atoms with Crippen molar-refractivity contribution in [1.29, 1.82) is 0 Å². The van der Waals surface area contributed by atoms with E-state index in [0.717, 1.165) is 0 Å². The van der Waals surface area contributed by atoms with Crippen LogP contribution in [0.5, 0.6) is 0 Å². The molecular weight excluding hydrogens is 329 g/mol. The Kier molecular flexibility index (Phi) is 2.85. The van der Waals surface area contributed by atoms with Crippen LogP contribution in [0, 0.1) is 0 Å². The molecule has 0 amide bonds. The Balaban J connectivity index is 1.96. The maximum absolute atomic E-state index is 6.34. The predicted molar refractivity (Wildman–Crippen MR) is 80.6 cm³/mol. The lowest BCUT2D eigenvalue weighted by Crippen LogP contribution is -2.05. The van der Waals surface area contributed by atoms with E-state index >= 15 is 0 Å². The summed E-state index contributed by atoms with van der Waals surface area (Å²) in [5.41, 5.74) is 6.70. The molecule has 0 saturated carbocycles. The van der Waals surface area contributed by atoms with Crippen LogP contribution >= 0.6 is 23.2 Å². The van der Waals surface area contributed by atoms with Crippen molar-refractivity contribution in [2.75, 3.05) is 5.73 Å². The predicted octanol–water partition coefficient (Wildman–Crippen LogP) is 3.53. The number of nitrogens with two attached hydrogens (primary N) is 1. The van der Waals surface area contributed by atoms with E-state index in [2.05, 4.69) is 15.1 Å². The summed E-state index contributed by atoms with van der Waals surface area (Å²) in [7, 11) is 0. The minimum Gasteiger partial charge on any atom is -0.463 e. The van der Waals surface area contributed by atoms with Gasteiger partial charge < -0.3 is 14.6 Å². The highest BCUT2D eigenvalue weighted by Crippen LogP contribution is 2.32. The third-order valence-corrected chi connectivity index (χ3v) is 3.55. The standard InChI is InChI=1S/C13H7Cl2N5O2/c14-8-4-3-7(22-8)11-17-12-9(15)10(6-2-1-5-21-6)19-20(12)13(16)18-11/h1-5H,(H2,16,17,18). The average Bonchev–Trinajstić information content (AvgIpc) is 3.20. The highest BCUT2D eigenvalue weighted by Gasteiger charge is 2.20. The zero-order valence-corrected chi connectivity index (χ0v) is 12.3. The third-order valence-electron chi connectivity index (χ3n) is 3.00. The highest BCUT2D eigenvalue weighted by molar-refractivity contribution is 6.36. The van der Waals surface area contributed by atoms with Crippen LogP contribution < -0.4 is 5.73 Å². The fraction of sp³-hybridized carbons (Fsp3) is 0. The van der Waals surface area contributed by atoms with Gasteiger partial charge in [0.1, 0.15) is 10.7 Å². The number of furan rings is 2. The minimum atomic E-state index is 0.118. The van der Waals surface area contributed by atoms with Crippen molar-refractivity contribution in [3.63, 3.8) is 0 Å². The van der Waals surface area contributed by atoms with Crippen molar-refractivity contribution >= 4 is 34.8 Å². The average molecular weight is 336 g/mol. The molecule has 110 valence electrons. The van der Waals surface area contributed by atoms with Crippen LogP contribution in [0.4, 0.5) is 5.95 Å². The Labute approximate surface area is 133 Å². The molecule has 0 saturated heterocycles. The molecule has 0 fully saturated rings. The van der Waals surface area contributed by atoms with E-state index in [1.807, 2.05) is 0 Å². The second-order valence-electron chi connectivity index (χ2n) is 4.38. The van der Waals surface area contributed by atoms with Crippen molar-refractivity contribution in [3.05, 3.63) is 40.8 Å². The molecule has 0 aliphatic carbocycles. The Bertz CT molecular complexity index is 974. The number of aromatic nitrogens is 4. The van der Waals surface area contributed by atoms with Crippen LogP contribution in [-0.2, 0) is 0 Å². The normalized spacial score (nSPS) is 11.4. The molecule has 0 atom stereocenters. The van der Waals surface area contributed by atoms with E-state index in [1.165, 1.54) is 10.8 Å². The topological polar surface area (TPSA) is 95.4 Å². The number of nitrogen functional groups attached to an aromatic ring is 1. The Hall–Kier alpha value is -2.51. The van der Waals surface area contributed by atoms with E-state index in [-0.39, 0.29) is 17.0 Å². The molecular formula is C13H7Cl2N5O2. The molecule has 0 bridgehead atoms. The fourth-order valence-corrected chi connectivity index (χ4v) is 2.44. The molecule has 0 aliphatic heterocycles. The molecule has 0 aliphatic rings. The molecule has 0 unspecified atom stereocenters. The maximum Gasteiger partial charge on any atom is 0.225 e. The van der Waals surface area contributed by atoms with Crippen molar-refractivity contribution < 1.29 is 8.83 Å². The van der Waals surface area contributed by atoms with Crippen molar-refractivity contribution in [3.8, 4) is 23.0 Å². The van der Waals surface area contributed by atoms with Gasteiger partial charge in [0.25, 0.3) is 0 Å². The number of halogens is 2. The van der Waals surface area contributed by atoms with Gasteiger partial charge in [0.05, 0.1) is 6.26 Å². The van der Waals surface area contributed by atoms with E-state index < -0.39 is 0 Å². The van der Waals surface area contributed by atoms with Gasteiger partial charge in [-0.05, 0) is 35.9 Å². The van der Waals surface area contributed by atoms with Gasteiger partial charge in [0, 0.05) is 0 Å². The SMILES string of the molecule is Nc1nc(-c2ccc(Cl)o2)nc2c(Cl)c(-c3ccco3)nn12. The molecule has 4 rings (SSSR count). The van der Waals surface area contributed by atoms with Crippen LogP contribution in [0.3, 0.4) is 0 Å². The first kappa shape index (κ1) is 13.2. The van der Waals surface area contributed by atoms with E-state index in [0.29, 0.717) is 27.9 Å². The molecule has 9 heteroatoms. The maximum atomic E-state index is 6.34. The zero-order chi connectivity index (χ0) is 15.3. The monoisotopic (exact) mass is 335 g/mol. The number of hydrogen-bond acceptors (Lipinski definition) is 6. The quantitative estimate of drug-likeness (QED) is 0.602. The molecule has 4 heterocycles. The first-order valence-corrected chi connectivity index (χ1v) is 6.90. The van der Waals surface area contributed by atoms with Crippen LogP contribution in [-0.4, -0.2) is 19.6 Å². The third kappa shape index (κ3) is 1.94. The van der Waals surface area contributed by atoms with Crippen LogP contribution in [0.2, 0.25) is 10.2 Å². The van der Waals surface area contributed by atoms with Crippen molar-refractivity contribution in [2.45, 2.75) is 0 Å². The lowest BCUT2D eigenvalue weighted by Gasteiger charge is -2.00. The van der Waals surface area contributed by atoms with Gasteiger partial charge in [-0.1, -0.05) is 11.6 Å². The summed E-state index contributed by atoms with van der Waals surface area (Å²) in [6.07, 6.45) is 1.53. The zero-order valence-electron chi connectivity index (χ0n) is 10.8. The van der Waals surface area contributed by atoms with Gasteiger partial charge in [-0.3, -0.25) is 0 Å². The van der Waals surface area contributed by atoms with E-state index in [1.54, 1.807) is 24.3 Å². The molecule has 0 aromatic carbocycles. The van der Waals surface area contributed by atoms with Gasteiger partial charge in [-0.25, -0.2) is 4.98 Å². The number of fused-ring (bicyclic) bond motifs is 1. The van der Waals surface area contributed by atoms with Crippen LogP contribution in [0.1, 0.15) is 0 Å². The molecule has 0 spiro atoms. The first-order valence-electron chi connectivity index (χ1n) is 6.15. The Morgan fingerprint density at radius 1 is 1.09 bits per heavy atom. The number of anilines is 1. The molecule has 22 heavy (non-hydrogen) atoms. The number of rotatable bonds is 2. The van der Waals surface area contributed by atoms with Crippen LogP contribution in [0.25, 0.3) is 28.7 Å².